The summed E-state index contributed by atoms with van der Waals surface area (Å²) >= 11 is 0. The number of benzene rings is 1. The van der Waals surface area contributed by atoms with Crippen molar-refractivity contribution in [3.05, 3.63) is 23.8 Å². The van der Waals surface area contributed by atoms with E-state index in [0.29, 0.717) is 12.0 Å². The molecule has 2 unspecified atom stereocenters. The third-order valence-electron chi connectivity index (χ3n) is 6.14. The summed E-state index contributed by atoms with van der Waals surface area (Å²) < 4.78 is 10.9. The van der Waals surface area contributed by atoms with Crippen LogP contribution in [0.25, 0.3) is 0 Å². The van der Waals surface area contributed by atoms with Crippen molar-refractivity contribution in [3.63, 3.8) is 0 Å². The van der Waals surface area contributed by atoms with Crippen LogP contribution >= 0.6 is 0 Å². The third kappa shape index (κ3) is 4.72. The molecule has 1 aromatic carbocycles. The molecule has 3 rings (SSSR count). The standard InChI is InChI=1S/C22H35N3O3/c1-16(2)24-11-5-7-17(15-24)14-23-22(26)25-12-6-8-20(25)19-10-9-18(27-3)13-21(19)28-4/h9-10,13,16-17,20H,5-8,11-12,14-15H2,1-4H3,(H,23,26). The average molecular weight is 390 g/mol. The molecule has 0 radical (unpaired) electrons. The lowest BCUT2D eigenvalue weighted by atomic mass is 9.97. The first-order chi connectivity index (χ1) is 13.5. The van der Waals surface area contributed by atoms with Gasteiger partial charge in [0.2, 0.25) is 0 Å². The Morgan fingerprint density at radius 1 is 1.18 bits per heavy atom. The normalized spacial score (nSPS) is 23.1. The molecule has 2 fully saturated rings. The third-order valence-corrected chi connectivity index (χ3v) is 6.14. The van der Waals surface area contributed by atoms with Gasteiger partial charge < -0.3 is 24.6 Å². The molecule has 2 heterocycles. The van der Waals surface area contributed by atoms with Gasteiger partial charge in [0.25, 0.3) is 0 Å². The molecule has 0 aromatic heterocycles. The Balaban J connectivity index is 1.62. The summed E-state index contributed by atoms with van der Waals surface area (Å²) in [6.07, 6.45) is 4.38. The molecule has 2 aliphatic heterocycles. The van der Waals surface area contributed by atoms with E-state index >= 15 is 0 Å². The highest BCUT2D eigenvalue weighted by Crippen LogP contribution is 2.38. The second-order valence-electron chi connectivity index (χ2n) is 8.24. The van der Waals surface area contributed by atoms with Crippen molar-refractivity contribution < 1.29 is 14.3 Å². The zero-order valence-electron chi connectivity index (χ0n) is 17.7. The smallest absolute Gasteiger partial charge is 0.317 e. The van der Waals surface area contributed by atoms with Crippen LogP contribution in [0.4, 0.5) is 4.79 Å². The van der Waals surface area contributed by atoms with E-state index in [4.69, 9.17) is 9.47 Å². The maximum Gasteiger partial charge on any atom is 0.317 e. The van der Waals surface area contributed by atoms with E-state index in [1.807, 2.05) is 23.1 Å². The maximum atomic E-state index is 12.9. The molecule has 1 N–H and O–H groups in total. The van der Waals surface area contributed by atoms with Gasteiger partial charge in [0.1, 0.15) is 11.5 Å². The van der Waals surface area contributed by atoms with Crippen LogP contribution in [0.15, 0.2) is 18.2 Å². The summed E-state index contributed by atoms with van der Waals surface area (Å²) in [6.45, 7) is 8.29. The molecule has 2 atom stereocenters. The molecule has 6 nitrogen and oxygen atoms in total. The van der Waals surface area contributed by atoms with Gasteiger partial charge in [-0.25, -0.2) is 4.79 Å². The van der Waals surface area contributed by atoms with Crippen molar-refractivity contribution in [2.45, 2.75) is 51.6 Å². The summed E-state index contributed by atoms with van der Waals surface area (Å²) in [4.78, 5) is 17.4. The van der Waals surface area contributed by atoms with Crippen LogP contribution in [-0.4, -0.2) is 62.3 Å². The van der Waals surface area contributed by atoms with Gasteiger partial charge in [-0.05, 0) is 64.1 Å². The summed E-state index contributed by atoms with van der Waals surface area (Å²) in [5, 5.41) is 3.21. The minimum atomic E-state index is 0.0436. The monoisotopic (exact) mass is 389 g/mol. The second-order valence-corrected chi connectivity index (χ2v) is 8.24. The predicted octanol–water partition coefficient (Wildman–Crippen LogP) is 3.67. The van der Waals surface area contributed by atoms with E-state index in [-0.39, 0.29) is 12.1 Å². The number of amides is 2. The largest absolute Gasteiger partial charge is 0.497 e. The molecule has 6 heteroatoms. The number of hydrogen-bond acceptors (Lipinski definition) is 4. The quantitative estimate of drug-likeness (QED) is 0.807. The highest BCUT2D eigenvalue weighted by atomic mass is 16.5. The number of carbonyl (C=O) groups excluding carboxylic acids is 1. The average Bonchev–Trinajstić information content (AvgIpc) is 3.21. The molecule has 0 bridgehead atoms. The zero-order valence-corrected chi connectivity index (χ0v) is 17.7. The number of nitrogens with zero attached hydrogens (tertiary/aromatic N) is 2. The first-order valence-corrected chi connectivity index (χ1v) is 10.5. The van der Waals surface area contributed by atoms with E-state index in [2.05, 4.69) is 24.1 Å². The summed E-state index contributed by atoms with van der Waals surface area (Å²) in [6, 6.07) is 6.53. The van der Waals surface area contributed by atoms with Gasteiger partial charge in [-0.3, -0.25) is 0 Å². The van der Waals surface area contributed by atoms with Crippen molar-refractivity contribution >= 4 is 6.03 Å². The highest BCUT2D eigenvalue weighted by Gasteiger charge is 2.32. The molecule has 0 spiro atoms. The number of nitrogens with one attached hydrogen (secondary N) is 1. The summed E-state index contributed by atoms with van der Waals surface area (Å²) in [5.74, 6) is 2.09. The lowest BCUT2D eigenvalue weighted by molar-refractivity contribution is 0.136. The Morgan fingerprint density at radius 3 is 2.68 bits per heavy atom. The second kappa shape index (κ2) is 9.50. The molecule has 0 aliphatic carbocycles. The number of methoxy groups -OCH3 is 2. The van der Waals surface area contributed by atoms with E-state index in [1.54, 1.807) is 14.2 Å². The zero-order chi connectivity index (χ0) is 20.1. The van der Waals surface area contributed by atoms with Crippen LogP contribution < -0.4 is 14.8 Å². The predicted molar refractivity (Wildman–Crippen MR) is 111 cm³/mol. The number of rotatable bonds is 6. The SMILES string of the molecule is COc1ccc(C2CCCN2C(=O)NCC2CCCN(C(C)C)C2)c(OC)c1. The molecule has 2 saturated heterocycles. The first-order valence-electron chi connectivity index (χ1n) is 10.5. The fourth-order valence-electron chi connectivity index (χ4n) is 4.49. The Morgan fingerprint density at radius 2 is 1.96 bits per heavy atom. The molecule has 28 heavy (non-hydrogen) atoms. The van der Waals surface area contributed by atoms with Gasteiger partial charge in [-0.1, -0.05) is 0 Å². The lowest BCUT2D eigenvalue weighted by Gasteiger charge is -2.36. The Labute approximate surface area is 169 Å². The van der Waals surface area contributed by atoms with Gasteiger partial charge in [-0.15, -0.1) is 0 Å². The van der Waals surface area contributed by atoms with Crippen LogP contribution in [0.5, 0.6) is 11.5 Å². The van der Waals surface area contributed by atoms with Crippen molar-refractivity contribution in [1.82, 2.24) is 15.1 Å². The van der Waals surface area contributed by atoms with Crippen LogP contribution in [-0.2, 0) is 0 Å². The number of carbonyl (C=O) groups is 1. The number of urea groups is 1. The molecular formula is C22H35N3O3. The molecule has 1 aromatic rings. The summed E-state index contributed by atoms with van der Waals surface area (Å²) in [7, 11) is 3.32. The topological polar surface area (TPSA) is 54.0 Å². The van der Waals surface area contributed by atoms with Gasteiger partial charge in [0.15, 0.2) is 0 Å². The van der Waals surface area contributed by atoms with Crippen LogP contribution in [0.1, 0.15) is 51.1 Å². The molecule has 156 valence electrons. The lowest BCUT2D eigenvalue weighted by Crippen LogP contribution is -2.46. The Kier molecular flexibility index (Phi) is 7.05. The molecule has 2 amide bonds. The minimum Gasteiger partial charge on any atom is -0.497 e. The number of piperidine rings is 1. The van der Waals surface area contributed by atoms with E-state index in [0.717, 1.165) is 49.5 Å². The van der Waals surface area contributed by atoms with Crippen molar-refractivity contribution in [2.75, 3.05) is 40.4 Å². The minimum absolute atomic E-state index is 0.0436. The van der Waals surface area contributed by atoms with Gasteiger partial charge in [0, 0.05) is 37.3 Å². The molecule has 0 saturated carbocycles. The van der Waals surface area contributed by atoms with E-state index in [1.165, 1.54) is 19.4 Å². The number of ether oxygens (including phenoxy) is 2. The maximum absolute atomic E-state index is 12.9. The first kappa shape index (κ1) is 20.8. The van der Waals surface area contributed by atoms with Crippen molar-refractivity contribution in [3.8, 4) is 11.5 Å². The van der Waals surface area contributed by atoms with Gasteiger partial charge in [-0.2, -0.15) is 0 Å². The van der Waals surface area contributed by atoms with Gasteiger partial charge in [0.05, 0.1) is 20.3 Å². The van der Waals surface area contributed by atoms with Crippen LogP contribution in [0.2, 0.25) is 0 Å². The van der Waals surface area contributed by atoms with Crippen LogP contribution in [0.3, 0.4) is 0 Å². The van der Waals surface area contributed by atoms with E-state index < -0.39 is 0 Å². The molecular weight excluding hydrogens is 354 g/mol. The van der Waals surface area contributed by atoms with E-state index in [9.17, 15) is 4.79 Å². The Hall–Kier alpha value is -1.95. The molecule has 2 aliphatic rings. The van der Waals surface area contributed by atoms with Crippen molar-refractivity contribution in [2.24, 2.45) is 5.92 Å². The number of likely N-dealkylation sites (tertiary alicyclic amines) is 2. The fourth-order valence-corrected chi connectivity index (χ4v) is 4.49. The fraction of sp³-hybridized carbons (Fsp3) is 0.682. The van der Waals surface area contributed by atoms with Crippen LogP contribution in [0, 0.1) is 5.92 Å². The van der Waals surface area contributed by atoms with Crippen molar-refractivity contribution in [1.29, 1.82) is 0 Å². The highest BCUT2D eigenvalue weighted by molar-refractivity contribution is 5.75. The number of hydrogen-bond donors (Lipinski definition) is 1. The van der Waals surface area contributed by atoms with Gasteiger partial charge >= 0.3 is 6.03 Å². The summed E-state index contributed by atoms with van der Waals surface area (Å²) in [5.41, 5.74) is 1.06. The Bertz CT molecular complexity index is 664.